The minimum absolute atomic E-state index is 0.0452. The van der Waals surface area contributed by atoms with Crippen LogP contribution < -0.4 is 34.0 Å². The molecule has 5 rings (SSSR count). The summed E-state index contributed by atoms with van der Waals surface area (Å²) in [6, 6.07) is 12.3. The fourth-order valence-electron chi connectivity index (χ4n) is 5.81. The van der Waals surface area contributed by atoms with Crippen molar-refractivity contribution in [1.29, 1.82) is 0 Å². The van der Waals surface area contributed by atoms with Crippen LogP contribution in [0.1, 0.15) is 54.0 Å². The normalized spacial score (nSPS) is 12.4. The standard InChI is InChI=1S/C41H49ClFN7O10S2/c1-25(37(52)59-40(2,3)4)44-17-18-48(39(53)60-41(5,6)7)32-19-27(43)14-16-33(32)58-36(51)23-45-30-11-10-12-31-29(30)21-47-50(31)62(54,55)49(38-46-22-35(42)61-38)24-26-13-15-28(56-8)20-34(26)57-9/h10-16,19-22,25,44-45H,17-18,23-24H2,1-9H3. The molecule has 3 aromatic carbocycles. The Hall–Kier alpha value is -5.70. The Morgan fingerprint density at radius 3 is 2.32 bits per heavy atom. The van der Waals surface area contributed by atoms with Gasteiger partial charge in [-0.25, -0.2) is 23.3 Å². The van der Waals surface area contributed by atoms with E-state index in [1.54, 1.807) is 84.9 Å². The van der Waals surface area contributed by atoms with Gasteiger partial charge in [0.2, 0.25) is 5.13 Å². The van der Waals surface area contributed by atoms with E-state index in [0.29, 0.717) is 28.1 Å². The highest BCUT2D eigenvalue weighted by Gasteiger charge is 2.32. The van der Waals surface area contributed by atoms with Crippen molar-refractivity contribution in [3.63, 3.8) is 0 Å². The van der Waals surface area contributed by atoms with Gasteiger partial charge in [-0.3, -0.25) is 9.69 Å². The third-order valence-electron chi connectivity index (χ3n) is 8.58. The predicted molar refractivity (Wildman–Crippen MR) is 234 cm³/mol. The molecule has 0 spiro atoms. The van der Waals surface area contributed by atoms with Crippen LogP contribution in [0.5, 0.6) is 17.2 Å². The molecule has 2 heterocycles. The molecule has 5 aromatic rings. The van der Waals surface area contributed by atoms with Crippen LogP contribution in [0, 0.1) is 5.82 Å². The summed E-state index contributed by atoms with van der Waals surface area (Å²) in [7, 11) is -1.53. The van der Waals surface area contributed by atoms with Crippen LogP contribution in [-0.4, -0.2) is 91.7 Å². The number of fused-ring (bicyclic) bond motifs is 1. The van der Waals surface area contributed by atoms with Gasteiger partial charge in [0.1, 0.15) is 45.4 Å². The number of hydrogen-bond acceptors (Lipinski definition) is 15. The quantitative estimate of drug-likeness (QED) is 0.0704. The van der Waals surface area contributed by atoms with Crippen molar-refractivity contribution in [1.82, 2.24) is 19.5 Å². The smallest absolute Gasteiger partial charge is 0.414 e. The Bertz CT molecular complexity index is 2520. The number of hydrogen-bond donors (Lipinski definition) is 2. The molecule has 1 amide bonds. The van der Waals surface area contributed by atoms with E-state index in [0.717, 1.165) is 36.8 Å². The number of anilines is 3. The number of nitrogens with zero attached hydrogens (tertiary/aromatic N) is 5. The maximum Gasteiger partial charge on any atom is 0.414 e. The Balaban J connectivity index is 1.37. The number of benzene rings is 3. The number of ether oxygens (including phenoxy) is 5. The van der Waals surface area contributed by atoms with Crippen molar-refractivity contribution in [3.05, 3.63) is 82.7 Å². The number of aromatic nitrogens is 3. The molecular weight excluding hydrogens is 869 g/mol. The Morgan fingerprint density at radius 2 is 1.68 bits per heavy atom. The third kappa shape index (κ3) is 12.0. The summed E-state index contributed by atoms with van der Waals surface area (Å²) in [4.78, 5) is 44.8. The summed E-state index contributed by atoms with van der Waals surface area (Å²) in [6.07, 6.45) is 1.81. The van der Waals surface area contributed by atoms with Crippen molar-refractivity contribution >= 4 is 78.6 Å². The largest absolute Gasteiger partial charge is 0.497 e. The lowest BCUT2D eigenvalue weighted by Gasteiger charge is -2.29. The van der Waals surface area contributed by atoms with Gasteiger partial charge in [-0.05, 0) is 84.9 Å². The fourth-order valence-corrected chi connectivity index (χ4v) is 8.32. The molecule has 2 aromatic heterocycles. The van der Waals surface area contributed by atoms with Gasteiger partial charge in [0.25, 0.3) is 0 Å². The van der Waals surface area contributed by atoms with E-state index in [4.69, 9.17) is 35.3 Å². The number of methoxy groups -OCH3 is 2. The van der Waals surface area contributed by atoms with E-state index in [9.17, 15) is 27.2 Å². The molecule has 62 heavy (non-hydrogen) atoms. The van der Waals surface area contributed by atoms with Crippen LogP contribution in [0.15, 0.2) is 67.0 Å². The lowest BCUT2D eigenvalue weighted by Crippen LogP contribution is -2.45. The molecule has 1 unspecified atom stereocenters. The summed E-state index contributed by atoms with van der Waals surface area (Å²) in [5, 5.41) is 10.6. The zero-order valence-electron chi connectivity index (χ0n) is 35.6. The van der Waals surface area contributed by atoms with Gasteiger partial charge in [-0.1, -0.05) is 29.0 Å². The lowest BCUT2D eigenvalue weighted by atomic mass is 10.2. The molecule has 334 valence electrons. The van der Waals surface area contributed by atoms with E-state index >= 15 is 0 Å². The van der Waals surface area contributed by atoms with Gasteiger partial charge in [0.15, 0.2) is 5.75 Å². The third-order valence-corrected chi connectivity index (χ3v) is 11.4. The average molecular weight is 918 g/mol. The molecule has 0 fully saturated rings. The second-order valence-corrected chi connectivity index (χ2v) is 19.0. The van der Waals surface area contributed by atoms with Crippen molar-refractivity contribution in [2.45, 2.75) is 72.3 Å². The second kappa shape index (κ2) is 19.6. The number of rotatable bonds is 17. The van der Waals surface area contributed by atoms with Gasteiger partial charge in [0.05, 0.1) is 44.4 Å². The molecule has 0 radical (unpaired) electrons. The van der Waals surface area contributed by atoms with Gasteiger partial charge >= 0.3 is 28.2 Å². The zero-order valence-corrected chi connectivity index (χ0v) is 38.0. The molecule has 21 heteroatoms. The minimum Gasteiger partial charge on any atom is -0.497 e. The lowest BCUT2D eigenvalue weighted by molar-refractivity contribution is -0.157. The summed E-state index contributed by atoms with van der Waals surface area (Å²) in [6.45, 7) is 11.1. The van der Waals surface area contributed by atoms with Crippen molar-refractivity contribution < 1.29 is 50.9 Å². The van der Waals surface area contributed by atoms with E-state index in [1.807, 2.05) is 0 Å². The number of halogens is 2. The summed E-state index contributed by atoms with van der Waals surface area (Å²) in [5.74, 6) is -1.33. The van der Waals surface area contributed by atoms with Crippen LogP contribution in [-0.2, 0) is 35.8 Å². The molecule has 17 nitrogen and oxygen atoms in total. The SMILES string of the molecule is COc1ccc(CN(c2ncc(Cl)s2)S(=O)(=O)n2ncc3c(NCC(=O)Oc4ccc(F)cc4N(CCNC(C)C(=O)OC(C)(C)C)C(=O)OC(C)(C)C)cccc32)c(OC)c1. The molecule has 0 bridgehead atoms. The molecule has 0 aliphatic heterocycles. The first-order valence-electron chi connectivity index (χ1n) is 19.1. The first-order chi connectivity index (χ1) is 29.1. The molecule has 0 aliphatic rings. The molecular formula is C41H49ClFN7O10S2. The Morgan fingerprint density at radius 1 is 0.952 bits per heavy atom. The number of carbonyl (C=O) groups is 3. The maximum atomic E-state index is 14.8. The zero-order chi connectivity index (χ0) is 45.6. The van der Waals surface area contributed by atoms with Gasteiger partial charge in [0, 0.05) is 41.9 Å². The predicted octanol–water partition coefficient (Wildman–Crippen LogP) is 7.18. The molecule has 0 saturated heterocycles. The number of nitrogens with one attached hydrogen (secondary N) is 2. The monoisotopic (exact) mass is 917 g/mol. The molecule has 0 aliphatic carbocycles. The van der Waals surface area contributed by atoms with E-state index in [2.05, 4.69) is 20.7 Å². The van der Waals surface area contributed by atoms with Gasteiger partial charge in [-0.2, -0.15) is 13.5 Å². The fraction of sp³-hybridized carbons (Fsp3) is 0.390. The highest BCUT2D eigenvalue weighted by Crippen LogP contribution is 2.35. The van der Waals surface area contributed by atoms with Gasteiger partial charge in [-0.15, -0.1) is 4.09 Å². The van der Waals surface area contributed by atoms with Crippen LogP contribution in [0.4, 0.5) is 25.7 Å². The van der Waals surface area contributed by atoms with E-state index in [-0.39, 0.29) is 46.1 Å². The maximum absolute atomic E-state index is 14.8. The number of carbonyl (C=O) groups excluding carboxylic acids is 3. The van der Waals surface area contributed by atoms with E-state index < -0.39 is 57.8 Å². The van der Waals surface area contributed by atoms with Crippen LogP contribution in [0.3, 0.4) is 0 Å². The Kier molecular flexibility index (Phi) is 14.9. The van der Waals surface area contributed by atoms with Crippen molar-refractivity contribution in [2.24, 2.45) is 0 Å². The van der Waals surface area contributed by atoms with Crippen LogP contribution >= 0.6 is 22.9 Å². The highest BCUT2D eigenvalue weighted by molar-refractivity contribution is 7.91. The summed E-state index contributed by atoms with van der Waals surface area (Å²) in [5.41, 5.74) is -0.753. The first kappa shape index (κ1) is 47.4. The minimum atomic E-state index is -4.49. The number of esters is 2. The summed E-state index contributed by atoms with van der Waals surface area (Å²) < 4.78 is 73.4. The molecule has 0 saturated carbocycles. The van der Waals surface area contributed by atoms with Crippen molar-refractivity contribution in [2.75, 3.05) is 48.4 Å². The van der Waals surface area contributed by atoms with Gasteiger partial charge < -0.3 is 34.3 Å². The highest BCUT2D eigenvalue weighted by atomic mass is 35.5. The average Bonchev–Trinajstić information content (AvgIpc) is 3.84. The number of thiazole rings is 1. The molecule has 1 atom stereocenters. The van der Waals surface area contributed by atoms with E-state index in [1.165, 1.54) is 32.7 Å². The van der Waals surface area contributed by atoms with Crippen molar-refractivity contribution in [3.8, 4) is 17.2 Å². The topological polar surface area (TPSA) is 193 Å². The second-order valence-electron chi connectivity index (χ2n) is 15.6. The molecule has 2 N–H and O–H groups in total. The van der Waals surface area contributed by atoms with Crippen LogP contribution in [0.2, 0.25) is 4.34 Å². The first-order valence-corrected chi connectivity index (χ1v) is 21.7. The van der Waals surface area contributed by atoms with Crippen LogP contribution in [0.25, 0.3) is 10.9 Å². The number of amides is 1. The Labute approximate surface area is 368 Å². The summed E-state index contributed by atoms with van der Waals surface area (Å²) >= 11 is 7.16.